The highest BCUT2D eigenvalue weighted by Crippen LogP contribution is 2.30. The third-order valence-electron chi connectivity index (χ3n) is 6.16. The van der Waals surface area contributed by atoms with Crippen LogP contribution in [-0.2, 0) is 6.42 Å². The Hall–Kier alpha value is -1.27. The van der Waals surface area contributed by atoms with Gasteiger partial charge in [0.05, 0.1) is 7.11 Å². The van der Waals surface area contributed by atoms with Gasteiger partial charge in [-0.2, -0.15) is 0 Å². The predicted octanol–water partition coefficient (Wildman–Crippen LogP) is 4.54. The first-order chi connectivity index (χ1) is 13.0. The topological polar surface area (TPSA) is 61.8 Å². The molecule has 1 saturated heterocycles. The average Bonchev–Trinajstić information content (AvgIpc) is 3.10. The van der Waals surface area contributed by atoms with Crippen LogP contribution in [0.2, 0.25) is 0 Å². The van der Waals surface area contributed by atoms with E-state index in [0.717, 1.165) is 43.8 Å². The lowest BCUT2D eigenvalue weighted by molar-refractivity contribution is 0.179. The summed E-state index contributed by atoms with van der Waals surface area (Å²) in [5.74, 6) is 2.39. The number of halogens is 1. The van der Waals surface area contributed by atoms with E-state index in [-0.39, 0.29) is 6.04 Å². The van der Waals surface area contributed by atoms with Gasteiger partial charge >= 0.3 is 6.09 Å². The number of likely N-dealkylation sites (tertiary alicyclic amines) is 1. The van der Waals surface area contributed by atoms with Crippen molar-refractivity contribution in [3.05, 3.63) is 28.2 Å². The Morgan fingerprint density at radius 2 is 2.04 bits per heavy atom. The molecule has 1 aromatic rings. The minimum Gasteiger partial charge on any atom is -0.497 e. The Balaban J connectivity index is 1.39. The molecule has 1 atom stereocenters. The zero-order chi connectivity index (χ0) is 19.2. The molecule has 2 fully saturated rings. The molecular weight excluding hydrogens is 408 g/mol. The van der Waals surface area contributed by atoms with Gasteiger partial charge in [-0.1, -0.05) is 15.9 Å². The van der Waals surface area contributed by atoms with Gasteiger partial charge in [0.1, 0.15) is 5.75 Å². The number of benzene rings is 1. The van der Waals surface area contributed by atoms with Gasteiger partial charge in [-0.15, -0.1) is 0 Å². The van der Waals surface area contributed by atoms with Crippen LogP contribution in [0.15, 0.2) is 22.7 Å². The molecule has 1 unspecified atom stereocenters. The Morgan fingerprint density at radius 3 is 2.74 bits per heavy atom. The zero-order valence-corrected chi connectivity index (χ0v) is 17.7. The second-order valence-electron chi connectivity index (χ2n) is 8.07. The summed E-state index contributed by atoms with van der Waals surface area (Å²) in [6, 6.07) is 6.39. The van der Waals surface area contributed by atoms with E-state index in [9.17, 15) is 4.79 Å². The van der Waals surface area contributed by atoms with Gasteiger partial charge in [0.25, 0.3) is 0 Å². The number of carboxylic acid groups (broad SMARTS) is 1. The second kappa shape index (κ2) is 9.78. The Bertz CT molecular complexity index is 632. The molecule has 0 aromatic heterocycles. The van der Waals surface area contributed by atoms with Gasteiger partial charge in [0.2, 0.25) is 0 Å². The summed E-state index contributed by atoms with van der Waals surface area (Å²) < 4.78 is 6.54. The largest absolute Gasteiger partial charge is 0.497 e. The monoisotopic (exact) mass is 438 g/mol. The van der Waals surface area contributed by atoms with Gasteiger partial charge in [-0.3, -0.25) is 0 Å². The number of ether oxygens (including phenoxy) is 1. The van der Waals surface area contributed by atoms with Crippen molar-refractivity contribution in [2.24, 2.45) is 11.8 Å². The van der Waals surface area contributed by atoms with Crippen molar-refractivity contribution in [2.45, 2.75) is 51.0 Å². The fourth-order valence-corrected chi connectivity index (χ4v) is 4.97. The summed E-state index contributed by atoms with van der Waals surface area (Å²) in [5, 5.41) is 11.5. The van der Waals surface area contributed by atoms with E-state index in [1.54, 1.807) is 7.11 Å². The predicted molar refractivity (Wildman–Crippen MR) is 110 cm³/mol. The Kier molecular flexibility index (Phi) is 7.41. The number of amides is 1. The van der Waals surface area contributed by atoms with Crippen molar-refractivity contribution in [1.29, 1.82) is 0 Å². The molecule has 3 rings (SSSR count). The number of methoxy groups -OCH3 is 1. The number of nitrogens with one attached hydrogen (secondary N) is 1. The van der Waals surface area contributed by atoms with Crippen molar-refractivity contribution in [3.63, 3.8) is 0 Å². The standard InChI is InChI=1S/C21H31BrN2O3/c1-27-19-6-7-20(22)17(13-19)12-16-9-11-24(14-16)10-8-15-2-4-18(5-3-15)23-21(25)26/h6-7,13,15-16,18,23H,2-5,8-12,14H2,1H3,(H,25,26). The highest BCUT2D eigenvalue weighted by Gasteiger charge is 2.26. The SMILES string of the molecule is COc1ccc(Br)c(CC2CCN(CCC3CCC(NC(=O)O)CC3)C2)c1. The van der Waals surface area contributed by atoms with Crippen LogP contribution < -0.4 is 10.1 Å². The second-order valence-corrected chi connectivity index (χ2v) is 8.93. The molecular formula is C21H31BrN2O3. The van der Waals surface area contributed by atoms with Crippen LogP contribution in [0.5, 0.6) is 5.75 Å². The minimum atomic E-state index is -0.885. The summed E-state index contributed by atoms with van der Waals surface area (Å²) >= 11 is 3.67. The minimum absolute atomic E-state index is 0.163. The number of rotatable bonds is 7. The summed E-state index contributed by atoms with van der Waals surface area (Å²) in [6.07, 6.45) is 7.00. The van der Waals surface area contributed by atoms with E-state index < -0.39 is 6.09 Å². The molecule has 0 bridgehead atoms. The molecule has 0 spiro atoms. The third-order valence-corrected chi connectivity index (χ3v) is 6.93. The van der Waals surface area contributed by atoms with Gasteiger partial charge in [-0.05, 0) is 93.6 Å². The van der Waals surface area contributed by atoms with E-state index >= 15 is 0 Å². The van der Waals surface area contributed by atoms with Gasteiger partial charge in [0, 0.05) is 17.1 Å². The maximum Gasteiger partial charge on any atom is 0.404 e. The maximum absolute atomic E-state index is 10.7. The molecule has 6 heteroatoms. The normalized spacial score (nSPS) is 26.1. The molecule has 1 aliphatic carbocycles. The van der Waals surface area contributed by atoms with Crippen LogP contribution >= 0.6 is 15.9 Å². The summed E-state index contributed by atoms with van der Waals surface area (Å²) in [7, 11) is 1.72. The molecule has 150 valence electrons. The fraction of sp³-hybridized carbons (Fsp3) is 0.667. The van der Waals surface area contributed by atoms with Crippen LogP contribution in [-0.4, -0.2) is 48.9 Å². The van der Waals surface area contributed by atoms with Crippen LogP contribution in [0, 0.1) is 11.8 Å². The molecule has 1 saturated carbocycles. The highest BCUT2D eigenvalue weighted by atomic mass is 79.9. The Morgan fingerprint density at radius 1 is 1.26 bits per heavy atom. The number of nitrogens with zero attached hydrogens (tertiary/aromatic N) is 1. The maximum atomic E-state index is 10.7. The van der Waals surface area contributed by atoms with Crippen LogP contribution in [0.25, 0.3) is 0 Å². The van der Waals surface area contributed by atoms with E-state index in [0.29, 0.717) is 5.92 Å². The quantitative estimate of drug-likeness (QED) is 0.655. The number of carbonyl (C=O) groups is 1. The zero-order valence-electron chi connectivity index (χ0n) is 16.1. The van der Waals surface area contributed by atoms with Crippen LogP contribution in [0.3, 0.4) is 0 Å². The average molecular weight is 439 g/mol. The molecule has 1 heterocycles. The van der Waals surface area contributed by atoms with Crippen molar-refractivity contribution < 1.29 is 14.6 Å². The molecule has 2 aliphatic rings. The lowest BCUT2D eigenvalue weighted by Gasteiger charge is -2.29. The summed E-state index contributed by atoms with van der Waals surface area (Å²) in [6.45, 7) is 3.55. The van der Waals surface area contributed by atoms with E-state index in [1.807, 2.05) is 6.07 Å². The molecule has 2 N–H and O–H groups in total. The molecule has 27 heavy (non-hydrogen) atoms. The van der Waals surface area contributed by atoms with Crippen molar-refractivity contribution >= 4 is 22.0 Å². The third kappa shape index (κ3) is 6.11. The smallest absolute Gasteiger partial charge is 0.404 e. The van der Waals surface area contributed by atoms with E-state index in [4.69, 9.17) is 9.84 Å². The van der Waals surface area contributed by atoms with Crippen LogP contribution in [0.4, 0.5) is 4.79 Å². The number of hydrogen-bond acceptors (Lipinski definition) is 3. The first-order valence-corrected chi connectivity index (χ1v) is 10.9. The molecule has 0 radical (unpaired) electrons. The lowest BCUT2D eigenvalue weighted by Crippen LogP contribution is -2.37. The van der Waals surface area contributed by atoms with Crippen molar-refractivity contribution in [3.8, 4) is 5.75 Å². The molecule has 1 amide bonds. The van der Waals surface area contributed by atoms with E-state index in [2.05, 4.69) is 38.3 Å². The van der Waals surface area contributed by atoms with Gasteiger partial charge in [-0.25, -0.2) is 4.79 Å². The number of hydrogen-bond donors (Lipinski definition) is 2. The fourth-order valence-electron chi connectivity index (χ4n) is 4.56. The summed E-state index contributed by atoms with van der Waals surface area (Å²) in [5.41, 5.74) is 1.34. The van der Waals surface area contributed by atoms with Crippen LogP contribution in [0.1, 0.15) is 44.1 Å². The highest BCUT2D eigenvalue weighted by molar-refractivity contribution is 9.10. The lowest BCUT2D eigenvalue weighted by atomic mass is 9.84. The van der Waals surface area contributed by atoms with Crippen molar-refractivity contribution in [1.82, 2.24) is 10.2 Å². The molecule has 1 aromatic carbocycles. The molecule has 1 aliphatic heterocycles. The van der Waals surface area contributed by atoms with Crippen molar-refractivity contribution in [2.75, 3.05) is 26.7 Å². The Labute approximate surface area is 170 Å². The first kappa shape index (κ1) is 20.5. The first-order valence-electron chi connectivity index (χ1n) is 10.1. The van der Waals surface area contributed by atoms with Gasteiger partial charge < -0.3 is 20.1 Å². The van der Waals surface area contributed by atoms with Gasteiger partial charge in [0.15, 0.2) is 0 Å². The summed E-state index contributed by atoms with van der Waals surface area (Å²) in [4.78, 5) is 13.4. The molecule has 5 nitrogen and oxygen atoms in total. The van der Waals surface area contributed by atoms with E-state index in [1.165, 1.54) is 42.5 Å².